The van der Waals surface area contributed by atoms with Crippen molar-refractivity contribution in [3.8, 4) is 5.88 Å². The largest absolute Gasteiger partial charge is 0.509 e. The maximum atomic E-state index is 12.4. The van der Waals surface area contributed by atoms with Crippen molar-refractivity contribution in [1.82, 2.24) is 19.5 Å². The summed E-state index contributed by atoms with van der Waals surface area (Å²) in [7, 11) is 1.42. The van der Waals surface area contributed by atoms with Crippen molar-refractivity contribution in [1.29, 1.82) is 0 Å². The van der Waals surface area contributed by atoms with Gasteiger partial charge in [-0.25, -0.2) is 9.78 Å². The van der Waals surface area contributed by atoms with E-state index in [0.717, 1.165) is 5.56 Å². The Morgan fingerprint density at radius 2 is 2.06 bits per heavy atom. The second kappa shape index (κ2) is 9.34. The Labute approximate surface area is 182 Å². The second-order valence-electron chi connectivity index (χ2n) is 7.09. The summed E-state index contributed by atoms with van der Waals surface area (Å²) in [5, 5.41) is 20.0. The van der Waals surface area contributed by atoms with Crippen LogP contribution in [0.3, 0.4) is 0 Å². The van der Waals surface area contributed by atoms with Crippen molar-refractivity contribution >= 4 is 23.3 Å². The molecule has 4 atom stereocenters. The minimum absolute atomic E-state index is 0.00302. The van der Waals surface area contributed by atoms with Crippen LogP contribution in [-0.2, 0) is 20.8 Å². The molecule has 32 heavy (non-hydrogen) atoms. The average molecular weight is 445 g/mol. The number of methoxy groups -OCH3 is 1. The van der Waals surface area contributed by atoms with Crippen LogP contribution in [0.1, 0.15) is 18.2 Å². The van der Waals surface area contributed by atoms with Gasteiger partial charge >= 0.3 is 6.16 Å². The van der Waals surface area contributed by atoms with Crippen LogP contribution < -0.4 is 10.5 Å². The number of carbonyl (C=O) groups excluding carboxylic acids is 1. The summed E-state index contributed by atoms with van der Waals surface area (Å²) >= 11 is 0. The first kappa shape index (κ1) is 21.7. The van der Waals surface area contributed by atoms with Crippen molar-refractivity contribution in [3.05, 3.63) is 42.2 Å². The molecule has 0 spiro atoms. The molecule has 1 aliphatic rings. The summed E-state index contributed by atoms with van der Waals surface area (Å²) in [6.07, 6.45) is -3.64. The molecule has 0 unspecified atom stereocenters. The molecule has 12 heteroatoms. The van der Waals surface area contributed by atoms with Gasteiger partial charge in [0.05, 0.1) is 19.5 Å². The summed E-state index contributed by atoms with van der Waals surface area (Å²) in [4.78, 5) is 24.8. The van der Waals surface area contributed by atoms with Crippen LogP contribution in [0.5, 0.6) is 5.88 Å². The fraction of sp³-hybridized carbons (Fsp3) is 0.400. The van der Waals surface area contributed by atoms with E-state index in [1.165, 1.54) is 18.0 Å². The smallest absolute Gasteiger partial charge is 0.479 e. The highest BCUT2D eigenvalue weighted by Crippen LogP contribution is 2.36. The van der Waals surface area contributed by atoms with Gasteiger partial charge in [-0.2, -0.15) is 9.97 Å². The number of anilines is 1. The topological polar surface area (TPSA) is 164 Å². The zero-order chi connectivity index (χ0) is 22.7. The molecule has 0 saturated carbocycles. The third-order valence-corrected chi connectivity index (χ3v) is 5.03. The van der Waals surface area contributed by atoms with Gasteiger partial charge in [0.1, 0.15) is 12.7 Å². The van der Waals surface area contributed by atoms with Gasteiger partial charge in [-0.15, -0.1) is 0 Å². The normalized spacial score (nSPS) is 22.7. The van der Waals surface area contributed by atoms with E-state index >= 15 is 0 Å². The maximum absolute atomic E-state index is 12.4. The van der Waals surface area contributed by atoms with Crippen LogP contribution in [-0.4, -0.2) is 67.9 Å². The van der Waals surface area contributed by atoms with Crippen LogP contribution in [0.4, 0.5) is 10.7 Å². The molecule has 1 aromatic carbocycles. The lowest BCUT2D eigenvalue weighted by atomic mass is 10.1. The number of nitrogen functional groups attached to an aromatic ring is 1. The molecule has 12 nitrogen and oxygen atoms in total. The van der Waals surface area contributed by atoms with Gasteiger partial charge < -0.3 is 34.9 Å². The minimum atomic E-state index is -1.23. The van der Waals surface area contributed by atoms with Crippen molar-refractivity contribution in [2.24, 2.45) is 0 Å². The number of aromatic nitrogens is 4. The highest BCUT2D eigenvalue weighted by molar-refractivity contribution is 5.77. The van der Waals surface area contributed by atoms with E-state index in [1.807, 2.05) is 18.2 Å². The highest BCUT2D eigenvalue weighted by atomic mass is 16.7. The van der Waals surface area contributed by atoms with E-state index in [9.17, 15) is 15.0 Å². The second-order valence-corrected chi connectivity index (χ2v) is 7.09. The third-order valence-electron chi connectivity index (χ3n) is 5.03. The van der Waals surface area contributed by atoms with Crippen LogP contribution in [0.2, 0.25) is 0 Å². The molecular weight excluding hydrogens is 422 g/mol. The molecule has 1 saturated heterocycles. The van der Waals surface area contributed by atoms with Crippen molar-refractivity contribution in [3.63, 3.8) is 0 Å². The summed E-state index contributed by atoms with van der Waals surface area (Å²) in [5.74, 6) is 0.109. The molecule has 1 fully saturated rings. The lowest BCUT2D eigenvalue weighted by Crippen LogP contribution is -2.36. The molecule has 2 aromatic heterocycles. The lowest BCUT2D eigenvalue weighted by molar-refractivity contribution is -0.0605. The average Bonchev–Trinajstić information content (AvgIpc) is 3.34. The molecule has 1 aliphatic heterocycles. The van der Waals surface area contributed by atoms with E-state index in [0.29, 0.717) is 5.52 Å². The fourth-order valence-electron chi connectivity index (χ4n) is 3.53. The monoisotopic (exact) mass is 445 g/mol. The molecule has 0 bridgehead atoms. The van der Waals surface area contributed by atoms with Gasteiger partial charge in [-0.05, 0) is 12.0 Å². The first-order valence-corrected chi connectivity index (χ1v) is 9.87. The summed E-state index contributed by atoms with van der Waals surface area (Å²) in [6.45, 7) is -0.226. The van der Waals surface area contributed by atoms with Gasteiger partial charge in [-0.1, -0.05) is 30.3 Å². The number of rotatable bonds is 7. The Morgan fingerprint density at radius 3 is 2.78 bits per heavy atom. The molecular formula is C20H23N5O7. The predicted octanol–water partition coefficient (Wildman–Crippen LogP) is 0.780. The molecule has 0 aliphatic carbocycles. The van der Waals surface area contributed by atoms with Crippen molar-refractivity contribution in [2.75, 3.05) is 19.5 Å². The van der Waals surface area contributed by atoms with Gasteiger partial charge in [0.25, 0.3) is 0 Å². The number of fused-ring (bicyclic) bond motifs is 1. The number of nitrogens with two attached hydrogens (primary N) is 1. The number of ether oxygens (including phenoxy) is 4. The molecule has 4 rings (SSSR count). The quantitative estimate of drug-likeness (QED) is 0.440. The van der Waals surface area contributed by atoms with Crippen LogP contribution in [0.25, 0.3) is 11.2 Å². The van der Waals surface area contributed by atoms with Crippen molar-refractivity contribution < 1.29 is 34.0 Å². The number of nitrogens with zero attached hydrogens (tertiary/aromatic N) is 4. The Kier molecular flexibility index (Phi) is 6.35. The maximum Gasteiger partial charge on any atom is 0.509 e. The minimum Gasteiger partial charge on any atom is -0.479 e. The standard InChI is InChI=1S/C20H23N5O7/c1-29-17-13-16(23-19(21)24-17)25(10-22-13)18-15(14(27)12(31-18)7-8-26)32-20(28)30-9-11-5-3-2-4-6-11/h2-6,10,12,14-15,18,26-27H,7-9H2,1H3,(H2,21,23,24)/t12-,14-,15+,18-/m1/s1. The van der Waals surface area contributed by atoms with Crippen LogP contribution >= 0.6 is 0 Å². The Balaban J connectivity index is 1.59. The molecule has 4 N–H and O–H groups in total. The first-order chi connectivity index (χ1) is 15.5. The summed E-state index contributed by atoms with van der Waals surface area (Å²) in [6, 6.07) is 9.09. The fourth-order valence-corrected chi connectivity index (χ4v) is 3.53. The molecule has 0 radical (unpaired) electrons. The zero-order valence-electron chi connectivity index (χ0n) is 17.2. The summed E-state index contributed by atoms with van der Waals surface area (Å²) < 4.78 is 23.1. The number of hydrogen-bond acceptors (Lipinski definition) is 11. The third kappa shape index (κ3) is 4.28. The molecule has 170 valence electrons. The van der Waals surface area contributed by atoms with E-state index in [4.69, 9.17) is 24.7 Å². The van der Waals surface area contributed by atoms with E-state index in [1.54, 1.807) is 12.1 Å². The van der Waals surface area contributed by atoms with Gasteiger partial charge in [0.15, 0.2) is 23.5 Å². The van der Waals surface area contributed by atoms with Crippen molar-refractivity contribution in [2.45, 2.75) is 37.6 Å². The number of benzene rings is 1. The molecule has 0 amide bonds. The number of carbonyl (C=O) groups is 1. The Bertz CT molecular complexity index is 1080. The number of aliphatic hydroxyl groups excluding tert-OH is 2. The lowest BCUT2D eigenvalue weighted by Gasteiger charge is -2.21. The van der Waals surface area contributed by atoms with E-state index in [2.05, 4.69) is 15.0 Å². The Morgan fingerprint density at radius 1 is 1.28 bits per heavy atom. The highest BCUT2D eigenvalue weighted by Gasteiger charge is 2.48. The van der Waals surface area contributed by atoms with Gasteiger partial charge in [0, 0.05) is 6.61 Å². The van der Waals surface area contributed by atoms with E-state index in [-0.39, 0.29) is 37.1 Å². The number of hydrogen-bond donors (Lipinski definition) is 3. The predicted molar refractivity (Wildman–Crippen MR) is 109 cm³/mol. The van der Waals surface area contributed by atoms with Crippen LogP contribution in [0, 0.1) is 0 Å². The molecule has 3 aromatic rings. The van der Waals surface area contributed by atoms with Gasteiger partial charge in [0.2, 0.25) is 11.8 Å². The summed E-state index contributed by atoms with van der Waals surface area (Å²) in [5.41, 5.74) is 7.13. The SMILES string of the molecule is COc1nc(N)nc2c1ncn2[C@@H]1O[C@H](CCO)[C@@H](O)[C@@H]1OC(=O)OCc1ccccc1. The van der Waals surface area contributed by atoms with Gasteiger partial charge in [-0.3, -0.25) is 4.57 Å². The number of imidazole rings is 1. The van der Waals surface area contributed by atoms with Crippen LogP contribution in [0.15, 0.2) is 36.7 Å². The first-order valence-electron chi connectivity index (χ1n) is 9.87. The Hall–Kier alpha value is -3.48. The van der Waals surface area contributed by atoms with E-state index < -0.39 is 30.7 Å². The molecule has 3 heterocycles. The zero-order valence-corrected chi connectivity index (χ0v) is 17.2. The number of aliphatic hydroxyl groups is 2.